The predicted molar refractivity (Wildman–Crippen MR) is 84.4 cm³/mol. The second kappa shape index (κ2) is 6.17. The average molecular weight is 294 g/mol. The lowest BCUT2D eigenvalue weighted by Gasteiger charge is -2.10. The van der Waals surface area contributed by atoms with E-state index in [2.05, 4.69) is 20.5 Å². The number of aryl methyl sites for hydroxylation is 1. The highest BCUT2D eigenvalue weighted by Gasteiger charge is 2.11. The maximum atomic E-state index is 12.2. The molecule has 1 aromatic carbocycles. The monoisotopic (exact) mass is 294 g/mol. The molecule has 2 heterocycles. The van der Waals surface area contributed by atoms with E-state index in [1.165, 1.54) is 6.40 Å². The van der Waals surface area contributed by atoms with Crippen molar-refractivity contribution in [3.63, 3.8) is 0 Å². The van der Waals surface area contributed by atoms with Gasteiger partial charge in [-0.3, -0.25) is 9.78 Å². The number of aromatic nitrogens is 1. The van der Waals surface area contributed by atoms with E-state index in [1.807, 2.05) is 37.3 Å². The number of ether oxygens (including phenoxy) is 1. The summed E-state index contributed by atoms with van der Waals surface area (Å²) < 4.78 is 5.12. The van der Waals surface area contributed by atoms with Gasteiger partial charge in [-0.1, -0.05) is 12.1 Å². The van der Waals surface area contributed by atoms with Gasteiger partial charge in [0.15, 0.2) is 6.40 Å². The van der Waals surface area contributed by atoms with Crippen LogP contribution in [0, 0.1) is 6.92 Å². The van der Waals surface area contributed by atoms with Gasteiger partial charge < -0.3 is 10.1 Å². The van der Waals surface area contributed by atoms with Gasteiger partial charge in [-0.2, -0.15) is 0 Å². The zero-order valence-corrected chi connectivity index (χ0v) is 12.0. The van der Waals surface area contributed by atoms with E-state index >= 15 is 0 Å². The Kier molecular flexibility index (Phi) is 3.91. The Morgan fingerprint density at radius 3 is 2.95 bits per heavy atom. The summed E-state index contributed by atoms with van der Waals surface area (Å²) >= 11 is 0. The molecule has 0 spiro atoms. The number of nitrogens with one attached hydrogen (secondary N) is 1. The maximum absolute atomic E-state index is 12.2. The van der Waals surface area contributed by atoms with Crippen molar-refractivity contribution >= 4 is 23.7 Å². The summed E-state index contributed by atoms with van der Waals surface area (Å²) in [6, 6.07) is 11.0. The minimum Gasteiger partial charge on any atom is -0.475 e. The van der Waals surface area contributed by atoms with Crippen LogP contribution < -0.4 is 5.32 Å². The summed E-state index contributed by atoms with van der Waals surface area (Å²) in [4.78, 5) is 16.3. The topological polar surface area (TPSA) is 75.9 Å². The fourth-order valence-electron chi connectivity index (χ4n) is 2.04. The Hall–Kier alpha value is -3.02. The maximum Gasteiger partial charge on any atom is 0.274 e. The SMILES string of the molecule is Cc1ccnc(C(=O)Nc2cccc(C3=NN=COC3)c2)c1. The van der Waals surface area contributed by atoms with Gasteiger partial charge in [-0.25, -0.2) is 0 Å². The fourth-order valence-corrected chi connectivity index (χ4v) is 2.04. The van der Waals surface area contributed by atoms with Crippen LogP contribution in [0.4, 0.5) is 5.69 Å². The van der Waals surface area contributed by atoms with Gasteiger partial charge >= 0.3 is 0 Å². The number of rotatable bonds is 3. The number of benzene rings is 1. The molecule has 6 nitrogen and oxygen atoms in total. The molecule has 0 fully saturated rings. The first-order valence-corrected chi connectivity index (χ1v) is 6.77. The van der Waals surface area contributed by atoms with Crippen LogP contribution in [-0.2, 0) is 4.74 Å². The van der Waals surface area contributed by atoms with Gasteiger partial charge in [0, 0.05) is 17.4 Å². The minimum atomic E-state index is -0.249. The minimum absolute atomic E-state index is 0.249. The van der Waals surface area contributed by atoms with Crippen molar-refractivity contribution in [2.24, 2.45) is 10.2 Å². The van der Waals surface area contributed by atoms with Crippen molar-refractivity contribution < 1.29 is 9.53 Å². The largest absolute Gasteiger partial charge is 0.475 e. The second-order valence-electron chi connectivity index (χ2n) is 4.83. The first-order valence-electron chi connectivity index (χ1n) is 6.77. The van der Waals surface area contributed by atoms with Crippen molar-refractivity contribution in [3.8, 4) is 0 Å². The number of carbonyl (C=O) groups excluding carboxylic acids is 1. The highest BCUT2D eigenvalue weighted by atomic mass is 16.5. The molecule has 0 aliphatic carbocycles. The van der Waals surface area contributed by atoms with Gasteiger partial charge in [-0.15, -0.1) is 10.2 Å². The summed E-state index contributed by atoms with van der Waals surface area (Å²) in [5.74, 6) is -0.249. The molecule has 22 heavy (non-hydrogen) atoms. The lowest BCUT2D eigenvalue weighted by Crippen LogP contribution is -2.15. The highest BCUT2D eigenvalue weighted by molar-refractivity contribution is 6.06. The number of amides is 1. The molecule has 1 aliphatic heterocycles. The molecule has 0 saturated heterocycles. The number of anilines is 1. The predicted octanol–water partition coefficient (Wildman–Crippen LogP) is 2.40. The molecule has 0 radical (unpaired) electrons. The van der Waals surface area contributed by atoms with Crippen LogP contribution in [0.15, 0.2) is 52.8 Å². The molecule has 1 aliphatic rings. The number of hydrogen-bond donors (Lipinski definition) is 1. The Morgan fingerprint density at radius 1 is 1.27 bits per heavy atom. The lowest BCUT2D eigenvalue weighted by molar-refractivity contribution is 0.102. The van der Waals surface area contributed by atoms with Crippen molar-refractivity contribution in [2.75, 3.05) is 11.9 Å². The molecule has 6 heteroatoms. The van der Waals surface area contributed by atoms with Crippen molar-refractivity contribution in [1.82, 2.24) is 4.98 Å². The highest BCUT2D eigenvalue weighted by Crippen LogP contribution is 2.14. The van der Waals surface area contributed by atoms with Gasteiger partial charge in [0.05, 0.1) is 0 Å². The third-order valence-corrected chi connectivity index (χ3v) is 3.12. The lowest BCUT2D eigenvalue weighted by atomic mass is 10.1. The third-order valence-electron chi connectivity index (χ3n) is 3.12. The molecule has 1 aromatic heterocycles. The van der Waals surface area contributed by atoms with Crippen LogP contribution in [-0.4, -0.2) is 29.6 Å². The van der Waals surface area contributed by atoms with E-state index in [0.717, 1.165) is 11.1 Å². The number of nitrogens with zero attached hydrogens (tertiary/aromatic N) is 3. The zero-order valence-electron chi connectivity index (χ0n) is 12.0. The van der Waals surface area contributed by atoms with E-state index in [0.29, 0.717) is 23.7 Å². The zero-order chi connectivity index (χ0) is 15.4. The fraction of sp³-hybridized carbons (Fsp3) is 0.125. The molecule has 110 valence electrons. The van der Waals surface area contributed by atoms with Crippen LogP contribution in [0.3, 0.4) is 0 Å². The standard InChI is InChI=1S/C16H14N4O2/c1-11-5-6-17-14(7-11)16(21)19-13-4-2-3-12(8-13)15-9-22-10-18-20-15/h2-8,10H,9H2,1H3,(H,19,21). The van der Waals surface area contributed by atoms with Crippen molar-refractivity contribution in [2.45, 2.75) is 6.92 Å². The average Bonchev–Trinajstić information content (AvgIpc) is 2.56. The van der Waals surface area contributed by atoms with Gasteiger partial charge in [0.1, 0.15) is 18.0 Å². The van der Waals surface area contributed by atoms with Gasteiger partial charge in [0.2, 0.25) is 0 Å². The summed E-state index contributed by atoms with van der Waals surface area (Å²) in [6.07, 6.45) is 2.92. The summed E-state index contributed by atoms with van der Waals surface area (Å²) in [6.45, 7) is 2.28. The van der Waals surface area contributed by atoms with Crippen LogP contribution in [0.2, 0.25) is 0 Å². The van der Waals surface area contributed by atoms with Gasteiger partial charge in [0.25, 0.3) is 5.91 Å². The van der Waals surface area contributed by atoms with E-state index in [4.69, 9.17) is 4.74 Å². The number of carbonyl (C=O) groups is 1. The Bertz CT molecular complexity index is 768. The number of pyridine rings is 1. The van der Waals surface area contributed by atoms with E-state index in [-0.39, 0.29) is 5.91 Å². The summed E-state index contributed by atoms with van der Waals surface area (Å²) in [7, 11) is 0. The molecular weight excluding hydrogens is 280 g/mol. The molecule has 0 atom stereocenters. The smallest absolute Gasteiger partial charge is 0.274 e. The van der Waals surface area contributed by atoms with Crippen molar-refractivity contribution in [3.05, 3.63) is 59.4 Å². The Labute approximate surface area is 127 Å². The molecule has 2 aromatic rings. The Morgan fingerprint density at radius 2 is 2.18 bits per heavy atom. The summed E-state index contributed by atoms with van der Waals surface area (Å²) in [5.41, 5.74) is 3.61. The number of hydrogen-bond acceptors (Lipinski definition) is 5. The second-order valence-corrected chi connectivity index (χ2v) is 4.83. The van der Waals surface area contributed by atoms with Crippen LogP contribution in [0.1, 0.15) is 21.6 Å². The van der Waals surface area contributed by atoms with E-state index < -0.39 is 0 Å². The quantitative estimate of drug-likeness (QED) is 0.944. The molecule has 0 saturated carbocycles. The molecule has 1 N–H and O–H groups in total. The van der Waals surface area contributed by atoms with Crippen LogP contribution >= 0.6 is 0 Å². The molecular formula is C16H14N4O2. The van der Waals surface area contributed by atoms with Crippen LogP contribution in [0.5, 0.6) is 0 Å². The Balaban J connectivity index is 1.79. The van der Waals surface area contributed by atoms with Crippen molar-refractivity contribution in [1.29, 1.82) is 0 Å². The third kappa shape index (κ3) is 3.17. The van der Waals surface area contributed by atoms with E-state index in [9.17, 15) is 4.79 Å². The van der Waals surface area contributed by atoms with E-state index in [1.54, 1.807) is 12.3 Å². The summed E-state index contributed by atoms with van der Waals surface area (Å²) in [5, 5.41) is 10.6. The first-order chi connectivity index (χ1) is 10.7. The van der Waals surface area contributed by atoms with Gasteiger partial charge in [-0.05, 0) is 36.8 Å². The normalized spacial score (nSPS) is 13.2. The first kappa shape index (κ1) is 13.9. The molecule has 1 amide bonds. The molecule has 3 rings (SSSR count). The van der Waals surface area contributed by atoms with Crippen LogP contribution in [0.25, 0.3) is 0 Å². The molecule has 0 bridgehead atoms. The molecule has 0 unspecified atom stereocenters.